The predicted molar refractivity (Wildman–Crippen MR) is 147 cm³/mol. The normalized spacial score (nSPS) is 29.4. The number of ether oxygens (including phenoxy) is 2. The van der Waals surface area contributed by atoms with Crippen molar-refractivity contribution in [3.63, 3.8) is 0 Å². The van der Waals surface area contributed by atoms with Crippen molar-refractivity contribution < 1.29 is 19.7 Å². The summed E-state index contributed by atoms with van der Waals surface area (Å²) in [7, 11) is 1.39. The van der Waals surface area contributed by atoms with Crippen molar-refractivity contribution in [1.82, 2.24) is 4.90 Å². The average Bonchev–Trinajstić information content (AvgIpc) is 3.31. The lowest BCUT2D eigenvalue weighted by Gasteiger charge is -2.40. The molecular weight excluding hydrogens is 492 g/mol. The zero-order chi connectivity index (χ0) is 28.4. The van der Waals surface area contributed by atoms with E-state index in [-0.39, 0.29) is 22.9 Å². The molecule has 2 N–H and O–H groups in total. The summed E-state index contributed by atoms with van der Waals surface area (Å²) in [5.74, 6) is -0.961. The molecule has 2 aromatic rings. The Kier molecular flexibility index (Phi) is 7.94. The van der Waals surface area contributed by atoms with E-state index in [1.165, 1.54) is 14.0 Å². The van der Waals surface area contributed by atoms with Crippen molar-refractivity contribution in [2.75, 3.05) is 26.7 Å². The molecule has 5 atom stereocenters. The third-order valence-electron chi connectivity index (χ3n) is 8.01. The highest BCUT2D eigenvalue weighted by Crippen LogP contribution is 2.68. The number of aliphatic hydroxyl groups excluding tert-OH is 1. The van der Waals surface area contributed by atoms with Gasteiger partial charge < -0.3 is 24.6 Å². The first-order valence-electron chi connectivity index (χ1n) is 13.0. The molecule has 0 unspecified atom stereocenters. The van der Waals surface area contributed by atoms with Crippen LogP contribution >= 0.6 is 0 Å². The number of hydrogen-bond acceptors (Lipinski definition) is 8. The maximum Gasteiger partial charge on any atom is 0.224 e. The van der Waals surface area contributed by atoms with Crippen LogP contribution < -0.4 is 0 Å². The third kappa shape index (κ3) is 4.31. The third-order valence-corrected chi connectivity index (χ3v) is 8.01. The summed E-state index contributed by atoms with van der Waals surface area (Å²) in [5.41, 5.74) is -1.48. The molecule has 2 aliphatic rings. The van der Waals surface area contributed by atoms with Gasteiger partial charge in [0.05, 0.1) is 30.4 Å². The standard InChI is InChI=1S/C31H34N4O4/c1-6-35(7-2)19-25-27(23-11-9-8-10-12-23)31(24-15-13-22(18-33)14-16-24)30(37,28(25)36)26(21(4)39-31)29(38-5)34-20(3)17-32/h8-16,25,27-28,36-37H,4,6-7,19H2,1-3,5H3/b29-26-,34-20?/t25-,27-,28-,30+,31+/m1/s1. The molecule has 8 nitrogen and oxygen atoms in total. The van der Waals surface area contributed by atoms with Gasteiger partial charge in [-0.05, 0) is 43.3 Å². The van der Waals surface area contributed by atoms with Gasteiger partial charge in [0, 0.05) is 18.4 Å². The molecule has 2 aromatic carbocycles. The van der Waals surface area contributed by atoms with Gasteiger partial charge in [-0.1, -0.05) is 62.9 Å². The lowest BCUT2D eigenvalue weighted by Crippen LogP contribution is -2.53. The molecule has 1 aliphatic heterocycles. The van der Waals surface area contributed by atoms with Crippen LogP contribution in [-0.2, 0) is 15.1 Å². The molecule has 1 saturated heterocycles. The minimum Gasteiger partial charge on any atom is -0.481 e. The van der Waals surface area contributed by atoms with Gasteiger partial charge in [-0.15, -0.1) is 0 Å². The molecule has 0 bridgehead atoms. The molecule has 1 saturated carbocycles. The molecule has 8 heteroatoms. The molecule has 4 rings (SSSR count). The van der Waals surface area contributed by atoms with Crippen molar-refractivity contribution in [1.29, 1.82) is 10.5 Å². The van der Waals surface area contributed by atoms with Crippen LogP contribution in [0.15, 0.2) is 83.4 Å². The highest BCUT2D eigenvalue weighted by Gasteiger charge is 2.77. The molecule has 0 radical (unpaired) electrons. The highest BCUT2D eigenvalue weighted by molar-refractivity contribution is 5.97. The summed E-state index contributed by atoms with van der Waals surface area (Å²) in [6.45, 7) is 11.7. The van der Waals surface area contributed by atoms with Gasteiger partial charge in [-0.25, -0.2) is 4.99 Å². The second-order valence-electron chi connectivity index (χ2n) is 9.89. The van der Waals surface area contributed by atoms with Gasteiger partial charge in [-0.3, -0.25) is 0 Å². The summed E-state index contributed by atoms with van der Waals surface area (Å²) in [5, 5.41) is 43.9. The second-order valence-corrected chi connectivity index (χ2v) is 9.89. The number of methoxy groups -OCH3 is 1. The van der Waals surface area contributed by atoms with Crippen LogP contribution in [0.2, 0.25) is 0 Å². The smallest absolute Gasteiger partial charge is 0.224 e. The Balaban J connectivity index is 2.11. The molecule has 0 amide bonds. The van der Waals surface area contributed by atoms with Crippen LogP contribution in [0.25, 0.3) is 0 Å². The number of benzene rings is 2. The van der Waals surface area contributed by atoms with Gasteiger partial charge in [0.25, 0.3) is 0 Å². The fraction of sp³-hybridized carbons (Fsp3) is 0.387. The highest BCUT2D eigenvalue weighted by atomic mass is 16.5. The number of nitrogens with zero attached hydrogens (tertiary/aromatic N) is 4. The first kappa shape index (κ1) is 28.1. The quantitative estimate of drug-likeness (QED) is 0.394. The summed E-state index contributed by atoms with van der Waals surface area (Å²) in [6, 6.07) is 20.6. The Morgan fingerprint density at radius 3 is 2.31 bits per heavy atom. The zero-order valence-corrected chi connectivity index (χ0v) is 22.8. The molecular formula is C31H34N4O4. The van der Waals surface area contributed by atoms with E-state index in [0.717, 1.165) is 18.7 Å². The number of hydrogen-bond donors (Lipinski definition) is 2. The fourth-order valence-corrected chi connectivity index (χ4v) is 6.22. The molecule has 39 heavy (non-hydrogen) atoms. The van der Waals surface area contributed by atoms with E-state index in [0.29, 0.717) is 17.7 Å². The monoisotopic (exact) mass is 526 g/mol. The molecule has 1 heterocycles. The molecule has 202 valence electrons. The maximum absolute atomic E-state index is 12.9. The molecule has 1 aliphatic carbocycles. The minimum absolute atomic E-state index is 0.0496. The van der Waals surface area contributed by atoms with E-state index in [1.807, 2.05) is 36.4 Å². The number of rotatable bonds is 8. The number of aliphatic hydroxyl groups is 2. The Morgan fingerprint density at radius 2 is 1.77 bits per heavy atom. The largest absolute Gasteiger partial charge is 0.481 e. The fourth-order valence-electron chi connectivity index (χ4n) is 6.22. The maximum atomic E-state index is 12.9. The second kappa shape index (κ2) is 11.0. The van der Waals surface area contributed by atoms with Crippen LogP contribution in [0.3, 0.4) is 0 Å². The first-order chi connectivity index (χ1) is 18.7. The lowest BCUT2D eigenvalue weighted by atomic mass is 9.70. The molecule has 2 fully saturated rings. The Morgan fingerprint density at radius 1 is 1.13 bits per heavy atom. The van der Waals surface area contributed by atoms with Crippen molar-refractivity contribution in [3.05, 3.63) is 95.1 Å². The van der Waals surface area contributed by atoms with Gasteiger partial charge in [0.15, 0.2) is 11.2 Å². The van der Waals surface area contributed by atoms with Crippen molar-refractivity contribution >= 4 is 5.71 Å². The van der Waals surface area contributed by atoms with E-state index >= 15 is 0 Å². The van der Waals surface area contributed by atoms with Crippen LogP contribution in [0.1, 0.15) is 43.4 Å². The zero-order valence-electron chi connectivity index (χ0n) is 22.8. The lowest BCUT2D eigenvalue weighted by molar-refractivity contribution is -0.131. The van der Waals surface area contributed by atoms with Crippen molar-refractivity contribution in [3.8, 4) is 12.1 Å². The van der Waals surface area contributed by atoms with E-state index in [1.54, 1.807) is 24.3 Å². The number of nitriles is 2. The van der Waals surface area contributed by atoms with Crippen LogP contribution in [0.5, 0.6) is 0 Å². The summed E-state index contributed by atoms with van der Waals surface area (Å²) < 4.78 is 12.3. The average molecular weight is 527 g/mol. The number of fused-ring (bicyclic) bond motifs is 1. The van der Waals surface area contributed by atoms with Crippen molar-refractivity contribution in [2.45, 2.75) is 44.0 Å². The number of aliphatic imine (C=N–C) groups is 1. The van der Waals surface area contributed by atoms with E-state index in [2.05, 4.69) is 36.4 Å². The van der Waals surface area contributed by atoms with E-state index < -0.39 is 29.1 Å². The van der Waals surface area contributed by atoms with E-state index in [4.69, 9.17) is 9.47 Å². The molecule has 0 spiro atoms. The summed E-state index contributed by atoms with van der Waals surface area (Å²) >= 11 is 0. The molecule has 0 aromatic heterocycles. The predicted octanol–water partition coefficient (Wildman–Crippen LogP) is 3.99. The Bertz CT molecular complexity index is 1370. The SMILES string of the molecule is C=C1O[C@@]2(c3ccc(C#N)cc3)[C@H](c3ccccc3)[C@@H](CN(CC)CC)[C@@H](O)[C@@]2(O)/C1=C(/N=C(C)C#N)OC. The van der Waals surface area contributed by atoms with Crippen LogP contribution in [0.4, 0.5) is 0 Å². The minimum atomic E-state index is -2.05. The van der Waals surface area contributed by atoms with Crippen molar-refractivity contribution in [2.24, 2.45) is 10.9 Å². The van der Waals surface area contributed by atoms with Gasteiger partial charge in [0.1, 0.15) is 17.5 Å². The van der Waals surface area contributed by atoms with Gasteiger partial charge in [0.2, 0.25) is 5.88 Å². The van der Waals surface area contributed by atoms with Gasteiger partial charge >= 0.3 is 0 Å². The van der Waals surface area contributed by atoms with Crippen LogP contribution in [0, 0.1) is 28.6 Å². The first-order valence-corrected chi connectivity index (χ1v) is 13.0. The summed E-state index contributed by atoms with van der Waals surface area (Å²) in [4.78, 5) is 6.50. The summed E-state index contributed by atoms with van der Waals surface area (Å²) in [6.07, 6.45) is -1.32. The topological polar surface area (TPSA) is 122 Å². The Hall–Kier alpha value is -3.95. The van der Waals surface area contributed by atoms with E-state index in [9.17, 15) is 20.7 Å². The van der Waals surface area contributed by atoms with Gasteiger partial charge in [-0.2, -0.15) is 10.5 Å². The Labute approximate surface area is 229 Å². The van der Waals surface area contributed by atoms with Crippen LogP contribution in [-0.4, -0.2) is 59.3 Å².